The highest BCUT2D eigenvalue weighted by Crippen LogP contribution is 2.33. The second-order valence-electron chi connectivity index (χ2n) is 6.39. The summed E-state index contributed by atoms with van der Waals surface area (Å²) in [7, 11) is 0. The molecule has 0 amide bonds. The third-order valence-electron chi connectivity index (χ3n) is 4.74. The summed E-state index contributed by atoms with van der Waals surface area (Å²) in [5.41, 5.74) is 1.57. The molecule has 1 saturated carbocycles. The van der Waals surface area contributed by atoms with Crippen molar-refractivity contribution in [2.24, 2.45) is 0 Å². The number of benzene rings is 1. The molecule has 1 aliphatic rings. The first-order valence-electron chi connectivity index (χ1n) is 7.54. The Bertz CT molecular complexity index is 863. The Kier molecular flexibility index (Phi) is 3.28. The van der Waals surface area contributed by atoms with Gasteiger partial charge in [-0.05, 0) is 45.2 Å². The number of fused-ring (bicyclic) bond motifs is 1. The van der Waals surface area contributed by atoms with Crippen molar-refractivity contribution >= 4 is 16.7 Å². The van der Waals surface area contributed by atoms with Gasteiger partial charge in [0.05, 0.1) is 10.9 Å². The number of aryl methyl sites for hydroxylation is 2. The van der Waals surface area contributed by atoms with Crippen LogP contribution in [0.25, 0.3) is 10.9 Å². The maximum atomic E-state index is 13.0. The van der Waals surface area contributed by atoms with Crippen LogP contribution in [0.15, 0.2) is 35.1 Å². The van der Waals surface area contributed by atoms with Gasteiger partial charge in [0.1, 0.15) is 11.4 Å². The van der Waals surface area contributed by atoms with Gasteiger partial charge in [-0.15, -0.1) is 0 Å². The molecule has 1 heterocycles. The van der Waals surface area contributed by atoms with Crippen LogP contribution in [0, 0.1) is 13.8 Å². The van der Waals surface area contributed by atoms with E-state index in [4.69, 9.17) is 0 Å². The van der Waals surface area contributed by atoms with Crippen LogP contribution in [0.1, 0.15) is 37.6 Å². The van der Waals surface area contributed by atoms with Crippen LogP contribution in [-0.2, 0) is 10.3 Å². The smallest absolute Gasteiger partial charge is 0.262 e. The fraction of sp³-hybridized carbons (Fsp3) is 0.389. The zero-order chi connectivity index (χ0) is 16.1. The lowest BCUT2D eigenvalue weighted by Gasteiger charge is -2.35. The van der Waals surface area contributed by atoms with E-state index in [0.29, 0.717) is 29.6 Å². The average Bonchev–Trinajstić information content (AvgIpc) is 2.43. The fourth-order valence-corrected chi connectivity index (χ4v) is 3.39. The normalized spacial score (nSPS) is 22.3. The van der Waals surface area contributed by atoms with Crippen LogP contribution in [-0.4, -0.2) is 15.3 Å². The summed E-state index contributed by atoms with van der Waals surface area (Å²) in [6, 6.07) is 5.64. The SMILES string of the molecule is C=C1CC[C@](C)(n2c(C)nc3cccc(C)c3c2=O)C(=O)C1. The van der Waals surface area contributed by atoms with Crippen LogP contribution in [0.3, 0.4) is 0 Å². The molecule has 2 aromatic rings. The fourth-order valence-electron chi connectivity index (χ4n) is 3.39. The number of aromatic nitrogens is 2. The number of hydrogen-bond donors (Lipinski definition) is 0. The van der Waals surface area contributed by atoms with E-state index in [9.17, 15) is 9.59 Å². The first-order chi connectivity index (χ1) is 10.3. The quantitative estimate of drug-likeness (QED) is 0.760. The Hall–Kier alpha value is -2.23. The molecule has 3 rings (SSSR count). The van der Waals surface area contributed by atoms with Crippen LogP contribution in [0.2, 0.25) is 0 Å². The lowest BCUT2D eigenvalue weighted by molar-refractivity contribution is -0.128. The molecule has 0 aliphatic heterocycles. The Balaban J connectivity index is 2.32. The average molecular weight is 296 g/mol. The van der Waals surface area contributed by atoms with Crippen LogP contribution >= 0.6 is 0 Å². The van der Waals surface area contributed by atoms with Gasteiger partial charge >= 0.3 is 0 Å². The van der Waals surface area contributed by atoms with E-state index in [1.54, 1.807) is 11.5 Å². The van der Waals surface area contributed by atoms with E-state index in [1.165, 1.54) is 0 Å². The molecule has 0 radical (unpaired) electrons. The Labute approximate surface area is 129 Å². The molecule has 1 aromatic carbocycles. The summed E-state index contributed by atoms with van der Waals surface area (Å²) >= 11 is 0. The molecule has 22 heavy (non-hydrogen) atoms. The third-order valence-corrected chi connectivity index (χ3v) is 4.74. The van der Waals surface area contributed by atoms with Crippen molar-refractivity contribution in [3.63, 3.8) is 0 Å². The molecule has 4 nitrogen and oxygen atoms in total. The number of allylic oxidation sites excluding steroid dienone is 1. The summed E-state index contributed by atoms with van der Waals surface area (Å²) in [4.78, 5) is 30.2. The van der Waals surface area contributed by atoms with Gasteiger partial charge in [-0.3, -0.25) is 14.2 Å². The van der Waals surface area contributed by atoms with Gasteiger partial charge in [0.2, 0.25) is 0 Å². The number of hydrogen-bond acceptors (Lipinski definition) is 3. The second kappa shape index (κ2) is 4.90. The number of nitrogens with zero attached hydrogens (tertiary/aromatic N) is 2. The van der Waals surface area contributed by atoms with Gasteiger partial charge in [0, 0.05) is 6.42 Å². The first-order valence-corrected chi connectivity index (χ1v) is 7.54. The minimum absolute atomic E-state index is 0.0451. The van der Waals surface area contributed by atoms with E-state index >= 15 is 0 Å². The second-order valence-corrected chi connectivity index (χ2v) is 6.39. The lowest BCUT2D eigenvalue weighted by atomic mass is 9.79. The van der Waals surface area contributed by atoms with Crippen LogP contribution in [0.4, 0.5) is 0 Å². The molecule has 1 fully saturated rings. The molecule has 4 heteroatoms. The van der Waals surface area contributed by atoms with Gasteiger partial charge < -0.3 is 0 Å². The molecule has 1 atom stereocenters. The van der Waals surface area contributed by atoms with Gasteiger partial charge in [0.25, 0.3) is 5.56 Å². The van der Waals surface area contributed by atoms with Gasteiger partial charge in [-0.2, -0.15) is 0 Å². The standard InChI is InChI=1S/C18H20N2O2/c1-11-8-9-18(4,15(21)10-11)20-13(3)19-14-7-5-6-12(2)16(14)17(20)22/h5-7H,1,8-10H2,2-4H3/t18-/m0/s1. The van der Waals surface area contributed by atoms with Crippen LogP contribution in [0.5, 0.6) is 0 Å². The van der Waals surface area contributed by atoms with Crippen LogP contribution < -0.4 is 5.56 Å². The molecule has 0 spiro atoms. The monoisotopic (exact) mass is 296 g/mol. The minimum Gasteiger partial charge on any atom is -0.297 e. The van der Waals surface area contributed by atoms with E-state index in [1.807, 2.05) is 32.0 Å². The number of carbonyl (C=O) groups excluding carboxylic acids is 1. The number of Topliss-reactive ketones (excluding diaryl/α,β-unsaturated/α-hetero) is 1. The van der Waals surface area contributed by atoms with Crippen molar-refractivity contribution in [2.75, 3.05) is 0 Å². The maximum absolute atomic E-state index is 13.0. The molecule has 0 N–H and O–H groups in total. The molecular weight excluding hydrogens is 276 g/mol. The van der Waals surface area contributed by atoms with Gasteiger partial charge in [-0.1, -0.05) is 24.3 Å². The highest BCUT2D eigenvalue weighted by Gasteiger charge is 2.40. The predicted molar refractivity (Wildman–Crippen MR) is 87.1 cm³/mol. The summed E-state index contributed by atoms with van der Waals surface area (Å²) in [5.74, 6) is 0.634. The van der Waals surface area contributed by atoms with Gasteiger partial charge in [0.15, 0.2) is 5.78 Å². The molecule has 114 valence electrons. The van der Waals surface area contributed by atoms with Crippen molar-refractivity contribution in [3.8, 4) is 0 Å². The molecule has 0 saturated heterocycles. The van der Waals surface area contributed by atoms with Crippen molar-refractivity contribution < 1.29 is 4.79 Å². The van der Waals surface area contributed by atoms with E-state index < -0.39 is 5.54 Å². The molecular formula is C18H20N2O2. The third kappa shape index (κ3) is 2.02. The number of carbonyl (C=O) groups is 1. The Morgan fingerprint density at radius 3 is 2.68 bits per heavy atom. The molecule has 0 unspecified atom stereocenters. The minimum atomic E-state index is -0.828. The van der Waals surface area contributed by atoms with Crippen molar-refractivity contribution in [1.82, 2.24) is 9.55 Å². The zero-order valence-electron chi connectivity index (χ0n) is 13.3. The number of rotatable bonds is 1. The summed E-state index contributed by atoms with van der Waals surface area (Å²) in [6.45, 7) is 9.46. The number of ketones is 1. The maximum Gasteiger partial charge on any atom is 0.262 e. The first kappa shape index (κ1) is 14.7. The largest absolute Gasteiger partial charge is 0.297 e. The highest BCUT2D eigenvalue weighted by molar-refractivity contribution is 5.90. The molecule has 0 bridgehead atoms. The van der Waals surface area contributed by atoms with Gasteiger partial charge in [-0.25, -0.2) is 4.98 Å². The topological polar surface area (TPSA) is 52.0 Å². The summed E-state index contributed by atoms with van der Waals surface area (Å²) < 4.78 is 1.59. The van der Waals surface area contributed by atoms with Crippen molar-refractivity contribution in [3.05, 3.63) is 52.1 Å². The highest BCUT2D eigenvalue weighted by atomic mass is 16.1. The molecule has 1 aromatic heterocycles. The predicted octanol–water partition coefficient (Wildman–Crippen LogP) is 3.04. The Morgan fingerprint density at radius 2 is 2.00 bits per heavy atom. The van der Waals surface area contributed by atoms with Crippen molar-refractivity contribution in [2.45, 2.75) is 45.6 Å². The lowest BCUT2D eigenvalue weighted by Crippen LogP contribution is -2.48. The summed E-state index contributed by atoms with van der Waals surface area (Å²) in [5, 5.41) is 0.603. The van der Waals surface area contributed by atoms with E-state index in [2.05, 4.69) is 11.6 Å². The summed E-state index contributed by atoms with van der Waals surface area (Å²) in [6.07, 6.45) is 1.71. The zero-order valence-corrected chi connectivity index (χ0v) is 13.3. The molecule has 1 aliphatic carbocycles. The van der Waals surface area contributed by atoms with E-state index in [-0.39, 0.29) is 11.3 Å². The van der Waals surface area contributed by atoms with Crippen molar-refractivity contribution in [1.29, 1.82) is 0 Å². The Morgan fingerprint density at radius 1 is 1.27 bits per heavy atom. The van der Waals surface area contributed by atoms with E-state index in [0.717, 1.165) is 17.6 Å².